The standard InChI is InChI=1S/C22H20N2O2S/c25-21(19-8-4-14-24(19)22(26)20-9-5-15-27-20)23-18-12-10-17(11-13-18)16-6-2-1-3-7-16/h1-3,5-7,9-13,15,19H,4,8,14H2,(H,23,25). The zero-order valence-electron chi connectivity index (χ0n) is 14.8. The first-order chi connectivity index (χ1) is 13.2. The fourth-order valence-corrected chi connectivity index (χ4v) is 4.11. The Labute approximate surface area is 162 Å². The highest BCUT2D eigenvalue weighted by atomic mass is 32.1. The molecule has 4 nitrogen and oxygen atoms in total. The van der Waals surface area contributed by atoms with Gasteiger partial charge in [-0.1, -0.05) is 48.5 Å². The SMILES string of the molecule is O=C(Nc1ccc(-c2ccccc2)cc1)C1CCCN1C(=O)c1cccs1. The van der Waals surface area contributed by atoms with Crippen LogP contribution in [0.1, 0.15) is 22.5 Å². The molecule has 4 rings (SSSR count). The van der Waals surface area contributed by atoms with Gasteiger partial charge >= 0.3 is 0 Å². The quantitative estimate of drug-likeness (QED) is 0.720. The Hall–Kier alpha value is -2.92. The maximum Gasteiger partial charge on any atom is 0.264 e. The first kappa shape index (κ1) is 17.5. The minimum atomic E-state index is -0.409. The molecule has 3 aromatic rings. The molecule has 1 aromatic heterocycles. The van der Waals surface area contributed by atoms with E-state index in [1.165, 1.54) is 11.3 Å². The van der Waals surface area contributed by atoms with Crippen LogP contribution in [0.25, 0.3) is 11.1 Å². The summed E-state index contributed by atoms with van der Waals surface area (Å²) in [6.07, 6.45) is 1.55. The smallest absolute Gasteiger partial charge is 0.264 e. The van der Waals surface area contributed by atoms with Gasteiger partial charge in [0.1, 0.15) is 6.04 Å². The number of anilines is 1. The molecule has 2 heterocycles. The molecule has 0 bridgehead atoms. The van der Waals surface area contributed by atoms with Crippen LogP contribution in [0.15, 0.2) is 72.1 Å². The molecule has 0 saturated carbocycles. The van der Waals surface area contributed by atoms with Crippen molar-refractivity contribution in [3.05, 3.63) is 77.0 Å². The molecule has 2 aromatic carbocycles. The van der Waals surface area contributed by atoms with Crippen LogP contribution in [0.2, 0.25) is 0 Å². The Morgan fingerprint density at radius 2 is 1.67 bits per heavy atom. The van der Waals surface area contributed by atoms with Crippen molar-refractivity contribution >= 4 is 28.8 Å². The molecule has 1 aliphatic rings. The third-order valence-electron chi connectivity index (χ3n) is 4.81. The molecule has 1 fully saturated rings. The summed E-state index contributed by atoms with van der Waals surface area (Å²) in [5.74, 6) is -0.174. The number of likely N-dealkylation sites (tertiary alicyclic amines) is 1. The molecule has 1 saturated heterocycles. The van der Waals surface area contributed by atoms with Gasteiger partial charge < -0.3 is 10.2 Å². The number of carbonyl (C=O) groups is 2. The second kappa shape index (κ2) is 7.76. The van der Waals surface area contributed by atoms with E-state index in [0.29, 0.717) is 17.8 Å². The molecule has 136 valence electrons. The Morgan fingerprint density at radius 1 is 0.926 bits per heavy atom. The molecular formula is C22H20N2O2S. The summed E-state index contributed by atoms with van der Waals surface area (Å²) in [5.41, 5.74) is 2.98. The summed E-state index contributed by atoms with van der Waals surface area (Å²) in [6, 6.07) is 21.2. The lowest BCUT2D eigenvalue weighted by molar-refractivity contribution is -0.119. The predicted octanol–water partition coefficient (Wildman–Crippen LogP) is 4.66. The van der Waals surface area contributed by atoms with Crippen LogP contribution in [0, 0.1) is 0 Å². The topological polar surface area (TPSA) is 49.4 Å². The Kier molecular flexibility index (Phi) is 5.03. The number of thiophene rings is 1. The van der Waals surface area contributed by atoms with Crippen molar-refractivity contribution in [2.24, 2.45) is 0 Å². The van der Waals surface area contributed by atoms with Gasteiger partial charge in [-0.05, 0) is 47.5 Å². The van der Waals surface area contributed by atoms with Crippen molar-refractivity contribution in [3.8, 4) is 11.1 Å². The lowest BCUT2D eigenvalue weighted by atomic mass is 10.1. The lowest BCUT2D eigenvalue weighted by Gasteiger charge is -2.23. The molecule has 0 spiro atoms. The number of hydrogen-bond acceptors (Lipinski definition) is 3. The van der Waals surface area contributed by atoms with Gasteiger partial charge in [-0.15, -0.1) is 11.3 Å². The fourth-order valence-electron chi connectivity index (χ4n) is 3.43. The van der Waals surface area contributed by atoms with E-state index in [9.17, 15) is 9.59 Å². The van der Waals surface area contributed by atoms with E-state index in [2.05, 4.69) is 17.4 Å². The largest absolute Gasteiger partial charge is 0.326 e. The van der Waals surface area contributed by atoms with Crippen LogP contribution in [0.5, 0.6) is 0 Å². The van der Waals surface area contributed by atoms with Gasteiger partial charge in [0, 0.05) is 12.2 Å². The number of rotatable bonds is 4. The molecule has 2 amide bonds. The van der Waals surface area contributed by atoms with Crippen molar-refractivity contribution in [2.45, 2.75) is 18.9 Å². The number of nitrogens with zero attached hydrogens (tertiary/aromatic N) is 1. The number of amides is 2. The van der Waals surface area contributed by atoms with Crippen molar-refractivity contribution in [3.63, 3.8) is 0 Å². The summed E-state index contributed by atoms with van der Waals surface area (Å²) < 4.78 is 0. The van der Waals surface area contributed by atoms with E-state index in [4.69, 9.17) is 0 Å². The van der Waals surface area contributed by atoms with Crippen molar-refractivity contribution in [1.29, 1.82) is 0 Å². The molecule has 0 radical (unpaired) electrons. The normalized spacial score (nSPS) is 16.3. The predicted molar refractivity (Wildman–Crippen MR) is 109 cm³/mol. The third-order valence-corrected chi connectivity index (χ3v) is 5.67. The van der Waals surface area contributed by atoms with Crippen LogP contribution >= 0.6 is 11.3 Å². The third kappa shape index (κ3) is 3.78. The number of carbonyl (C=O) groups excluding carboxylic acids is 2. The number of benzene rings is 2. The Balaban J connectivity index is 1.44. The second-order valence-corrected chi connectivity index (χ2v) is 7.51. The second-order valence-electron chi connectivity index (χ2n) is 6.57. The van der Waals surface area contributed by atoms with Gasteiger partial charge in [-0.3, -0.25) is 9.59 Å². The summed E-state index contributed by atoms with van der Waals surface area (Å²) in [5, 5.41) is 4.84. The van der Waals surface area contributed by atoms with Crippen molar-refractivity contribution in [1.82, 2.24) is 4.90 Å². The highest BCUT2D eigenvalue weighted by molar-refractivity contribution is 7.12. The summed E-state index contributed by atoms with van der Waals surface area (Å²) in [4.78, 5) is 27.8. The van der Waals surface area contributed by atoms with Gasteiger partial charge in [0.2, 0.25) is 5.91 Å². The van der Waals surface area contributed by atoms with Crippen LogP contribution in [0.4, 0.5) is 5.69 Å². The van der Waals surface area contributed by atoms with Crippen LogP contribution < -0.4 is 5.32 Å². The molecule has 1 N–H and O–H groups in total. The van der Waals surface area contributed by atoms with Crippen LogP contribution in [-0.4, -0.2) is 29.3 Å². The average molecular weight is 376 g/mol. The van der Waals surface area contributed by atoms with Gasteiger partial charge in [0.25, 0.3) is 5.91 Å². The van der Waals surface area contributed by atoms with E-state index in [-0.39, 0.29) is 11.8 Å². The van der Waals surface area contributed by atoms with Crippen molar-refractivity contribution in [2.75, 3.05) is 11.9 Å². The summed E-state index contributed by atoms with van der Waals surface area (Å²) in [7, 11) is 0. The van der Waals surface area contributed by atoms with Gasteiger partial charge in [0.15, 0.2) is 0 Å². The molecule has 27 heavy (non-hydrogen) atoms. The average Bonchev–Trinajstić information content (AvgIpc) is 3.41. The zero-order chi connectivity index (χ0) is 18.6. The molecule has 1 unspecified atom stereocenters. The minimum absolute atomic E-state index is 0.0536. The van der Waals surface area contributed by atoms with Gasteiger partial charge in [0.05, 0.1) is 4.88 Å². The lowest BCUT2D eigenvalue weighted by Crippen LogP contribution is -2.42. The molecular weight excluding hydrogens is 356 g/mol. The first-order valence-corrected chi connectivity index (χ1v) is 9.91. The summed E-state index contributed by atoms with van der Waals surface area (Å²) >= 11 is 1.41. The molecule has 0 aliphatic carbocycles. The maximum absolute atomic E-state index is 12.8. The number of hydrogen-bond donors (Lipinski definition) is 1. The van der Waals surface area contributed by atoms with Crippen molar-refractivity contribution < 1.29 is 9.59 Å². The monoisotopic (exact) mass is 376 g/mol. The Bertz CT molecular complexity index is 921. The van der Waals surface area contributed by atoms with Gasteiger partial charge in [-0.2, -0.15) is 0 Å². The molecule has 1 aliphatic heterocycles. The van der Waals surface area contributed by atoms with E-state index in [1.54, 1.807) is 4.90 Å². The van der Waals surface area contributed by atoms with E-state index >= 15 is 0 Å². The maximum atomic E-state index is 12.8. The minimum Gasteiger partial charge on any atom is -0.326 e. The Morgan fingerprint density at radius 3 is 2.37 bits per heavy atom. The first-order valence-electron chi connectivity index (χ1n) is 9.03. The van der Waals surface area contributed by atoms with E-state index < -0.39 is 6.04 Å². The van der Waals surface area contributed by atoms with E-state index in [0.717, 1.165) is 23.2 Å². The molecule has 5 heteroatoms. The number of nitrogens with one attached hydrogen (secondary N) is 1. The van der Waals surface area contributed by atoms with Gasteiger partial charge in [-0.25, -0.2) is 0 Å². The van der Waals surface area contributed by atoms with E-state index in [1.807, 2.05) is 60.0 Å². The highest BCUT2D eigenvalue weighted by Crippen LogP contribution is 2.25. The summed E-state index contributed by atoms with van der Waals surface area (Å²) in [6.45, 7) is 0.627. The van der Waals surface area contributed by atoms with Crippen LogP contribution in [0.3, 0.4) is 0 Å². The van der Waals surface area contributed by atoms with Crippen LogP contribution in [-0.2, 0) is 4.79 Å². The highest BCUT2D eigenvalue weighted by Gasteiger charge is 2.34. The molecule has 1 atom stereocenters. The zero-order valence-corrected chi connectivity index (χ0v) is 15.6. The fraction of sp³-hybridized carbons (Fsp3) is 0.182.